The highest BCUT2D eigenvalue weighted by Gasteiger charge is 2.14. The maximum absolute atomic E-state index is 6.53. The van der Waals surface area contributed by atoms with Crippen molar-refractivity contribution in [3.63, 3.8) is 0 Å². The fraction of sp³-hybridized carbons (Fsp3) is 0. The topological polar surface area (TPSA) is 13.1 Å². The van der Waals surface area contributed by atoms with Gasteiger partial charge in [-0.05, 0) is 51.3 Å². The third-order valence-electron chi connectivity index (χ3n) is 5.25. The Morgan fingerprint density at radius 2 is 1.61 bits per heavy atom. The first-order valence-electron chi connectivity index (χ1n) is 8.91. The molecule has 6 aromatic rings. The van der Waals surface area contributed by atoms with Gasteiger partial charge in [-0.2, -0.15) is 0 Å². The van der Waals surface area contributed by atoms with Crippen LogP contribution in [0.1, 0.15) is 0 Å². The van der Waals surface area contributed by atoms with Crippen LogP contribution in [-0.4, -0.2) is 0 Å². The monoisotopic (exact) mass is 462 g/mol. The van der Waals surface area contributed by atoms with E-state index >= 15 is 0 Å². The van der Waals surface area contributed by atoms with E-state index in [2.05, 4.69) is 64.5 Å². The molecule has 0 saturated carbocycles. The van der Waals surface area contributed by atoms with E-state index < -0.39 is 0 Å². The molecule has 2 aromatic heterocycles. The number of rotatable bonds is 1. The van der Waals surface area contributed by atoms with E-state index in [0.717, 1.165) is 30.7 Å². The number of fused-ring (bicyclic) bond motifs is 6. The van der Waals surface area contributed by atoms with Gasteiger partial charge in [-0.3, -0.25) is 0 Å². The van der Waals surface area contributed by atoms with Crippen LogP contribution >= 0.6 is 38.9 Å². The van der Waals surface area contributed by atoms with Gasteiger partial charge in [0.05, 0.1) is 9.72 Å². The van der Waals surface area contributed by atoms with Crippen LogP contribution in [0.25, 0.3) is 53.2 Å². The second kappa shape index (κ2) is 6.08. The van der Waals surface area contributed by atoms with Gasteiger partial charge in [-0.15, -0.1) is 11.3 Å². The quantitative estimate of drug-likeness (QED) is 0.237. The molecule has 0 atom stereocenters. The molecule has 6 rings (SSSR count). The fourth-order valence-electron chi connectivity index (χ4n) is 3.97. The summed E-state index contributed by atoms with van der Waals surface area (Å²) in [6.45, 7) is 0. The van der Waals surface area contributed by atoms with Crippen LogP contribution in [0.3, 0.4) is 0 Å². The van der Waals surface area contributed by atoms with Crippen molar-refractivity contribution in [3.05, 3.63) is 82.3 Å². The van der Waals surface area contributed by atoms with Gasteiger partial charge in [0.25, 0.3) is 0 Å². The van der Waals surface area contributed by atoms with Crippen molar-refractivity contribution in [1.29, 1.82) is 0 Å². The zero-order chi connectivity index (χ0) is 18.8. The Morgan fingerprint density at radius 3 is 2.54 bits per heavy atom. The van der Waals surface area contributed by atoms with Crippen molar-refractivity contribution in [2.45, 2.75) is 0 Å². The molecule has 0 unspecified atom stereocenters. The van der Waals surface area contributed by atoms with Crippen molar-refractivity contribution in [1.82, 2.24) is 0 Å². The van der Waals surface area contributed by atoms with Gasteiger partial charge in [-0.1, -0.05) is 60.1 Å². The molecule has 134 valence electrons. The van der Waals surface area contributed by atoms with E-state index in [9.17, 15) is 0 Å². The molecular weight excluding hydrogens is 452 g/mol. The lowest BCUT2D eigenvalue weighted by molar-refractivity contribution is 0.669. The van der Waals surface area contributed by atoms with E-state index in [0.29, 0.717) is 0 Å². The van der Waals surface area contributed by atoms with Crippen LogP contribution in [0.5, 0.6) is 0 Å². The summed E-state index contributed by atoms with van der Waals surface area (Å²) < 4.78 is 9.35. The SMILES string of the molecule is Clc1c(Br)ccc2c1sc1cc(-c3cccc4oc5ccccc5c34)ccc12. The summed E-state index contributed by atoms with van der Waals surface area (Å²) in [5, 5.41) is 5.54. The zero-order valence-electron chi connectivity index (χ0n) is 14.5. The molecular formula is C24H12BrClOS. The van der Waals surface area contributed by atoms with Gasteiger partial charge in [0, 0.05) is 30.7 Å². The molecule has 0 aliphatic rings. The molecule has 0 amide bonds. The summed E-state index contributed by atoms with van der Waals surface area (Å²) in [5.74, 6) is 0. The number of thiophene rings is 1. The molecule has 0 saturated heterocycles. The lowest BCUT2D eigenvalue weighted by Crippen LogP contribution is -1.79. The molecule has 0 bridgehead atoms. The van der Waals surface area contributed by atoms with Crippen LogP contribution in [0.4, 0.5) is 0 Å². The third-order valence-corrected chi connectivity index (χ3v) is 7.83. The lowest BCUT2D eigenvalue weighted by atomic mass is 9.98. The van der Waals surface area contributed by atoms with Gasteiger partial charge in [0.2, 0.25) is 0 Å². The first-order valence-corrected chi connectivity index (χ1v) is 10.9. The maximum atomic E-state index is 6.53. The first-order chi connectivity index (χ1) is 13.7. The van der Waals surface area contributed by atoms with Crippen LogP contribution < -0.4 is 0 Å². The number of furan rings is 1. The second-order valence-electron chi connectivity index (χ2n) is 6.83. The number of hydrogen-bond donors (Lipinski definition) is 0. The fourth-order valence-corrected chi connectivity index (χ4v) is 5.89. The average Bonchev–Trinajstić information content (AvgIpc) is 3.28. The highest BCUT2D eigenvalue weighted by molar-refractivity contribution is 9.10. The van der Waals surface area contributed by atoms with Gasteiger partial charge in [0.15, 0.2) is 0 Å². The Labute approximate surface area is 178 Å². The summed E-state index contributed by atoms with van der Waals surface area (Å²) in [7, 11) is 0. The number of hydrogen-bond acceptors (Lipinski definition) is 2. The predicted molar refractivity (Wildman–Crippen MR) is 125 cm³/mol. The van der Waals surface area contributed by atoms with Crippen molar-refractivity contribution < 1.29 is 4.42 Å². The van der Waals surface area contributed by atoms with Gasteiger partial charge >= 0.3 is 0 Å². The van der Waals surface area contributed by atoms with Gasteiger partial charge in [-0.25, -0.2) is 0 Å². The van der Waals surface area contributed by atoms with E-state index in [-0.39, 0.29) is 0 Å². The van der Waals surface area contributed by atoms with E-state index in [4.69, 9.17) is 16.0 Å². The zero-order valence-corrected chi connectivity index (χ0v) is 17.7. The van der Waals surface area contributed by atoms with E-state index in [1.807, 2.05) is 24.3 Å². The van der Waals surface area contributed by atoms with Gasteiger partial charge < -0.3 is 4.42 Å². The van der Waals surface area contributed by atoms with Crippen molar-refractivity contribution in [2.75, 3.05) is 0 Å². The number of benzene rings is 4. The minimum atomic E-state index is 0.781. The highest BCUT2D eigenvalue weighted by Crippen LogP contribution is 2.43. The average molecular weight is 464 g/mol. The van der Waals surface area contributed by atoms with Crippen molar-refractivity contribution in [3.8, 4) is 11.1 Å². The molecule has 28 heavy (non-hydrogen) atoms. The number of halogens is 2. The summed E-state index contributed by atoms with van der Waals surface area (Å²) >= 11 is 11.8. The van der Waals surface area contributed by atoms with Crippen LogP contribution in [0.15, 0.2) is 81.7 Å². The Morgan fingerprint density at radius 1 is 0.786 bits per heavy atom. The standard InChI is InChI=1S/C24H12BrClOS/c25-18-11-10-16-15-9-8-13(12-21(15)28-24(16)23(18)26)14-5-3-7-20-22(14)17-4-1-2-6-19(17)27-20/h1-12H. The molecule has 0 aliphatic heterocycles. The molecule has 0 aliphatic carbocycles. The Hall–Kier alpha value is -2.33. The molecule has 0 fully saturated rings. The highest BCUT2D eigenvalue weighted by atomic mass is 79.9. The molecule has 4 aromatic carbocycles. The Kier molecular flexibility index (Phi) is 3.61. The van der Waals surface area contributed by atoms with Crippen LogP contribution in [-0.2, 0) is 0 Å². The largest absolute Gasteiger partial charge is 0.456 e. The Balaban J connectivity index is 1.67. The first kappa shape index (κ1) is 16.6. The molecule has 0 radical (unpaired) electrons. The van der Waals surface area contributed by atoms with Crippen molar-refractivity contribution >= 4 is 81.0 Å². The predicted octanol–water partition coefficient (Wildman–Crippen LogP) is 9.04. The third kappa shape index (κ3) is 2.30. The van der Waals surface area contributed by atoms with Crippen LogP contribution in [0, 0.1) is 0 Å². The molecule has 1 nitrogen and oxygen atoms in total. The minimum absolute atomic E-state index is 0.781. The molecule has 0 spiro atoms. The van der Waals surface area contributed by atoms with Gasteiger partial charge in [0.1, 0.15) is 11.2 Å². The minimum Gasteiger partial charge on any atom is -0.456 e. The summed E-state index contributed by atoms with van der Waals surface area (Å²) in [6.07, 6.45) is 0. The molecule has 4 heteroatoms. The normalized spacial score (nSPS) is 11.9. The van der Waals surface area contributed by atoms with E-state index in [1.165, 1.54) is 32.0 Å². The van der Waals surface area contributed by atoms with Crippen molar-refractivity contribution in [2.24, 2.45) is 0 Å². The summed E-state index contributed by atoms with van der Waals surface area (Å²) in [6, 6.07) is 25.3. The van der Waals surface area contributed by atoms with E-state index in [1.54, 1.807) is 11.3 Å². The van der Waals surface area contributed by atoms with Crippen LogP contribution in [0.2, 0.25) is 5.02 Å². The second-order valence-corrected chi connectivity index (χ2v) is 9.11. The summed E-state index contributed by atoms with van der Waals surface area (Å²) in [5.41, 5.74) is 4.21. The smallest absolute Gasteiger partial charge is 0.136 e. The Bertz CT molecular complexity index is 1540. The summed E-state index contributed by atoms with van der Waals surface area (Å²) in [4.78, 5) is 0. The lowest BCUT2D eigenvalue weighted by Gasteiger charge is -2.04. The molecule has 2 heterocycles. The number of para-hydroxylation sites is 1. The molecule has 0 N–H and O–H groups in total. The maximum Gasteiger partial charge on any atom is 0.136 e.